The number of carboxylic acid groups (broad SMARTS) is 1. The van der Waals surface area contributed by atoms with Crippen molar-refractivity contribution >= 4 is 17.3 Å². The van der Waals surface area contributed by atoms with Crippen LogP contribution in [0.4, 0.5) is 11.4 Å². The van der Waals surface area contributed by atoms with E-state index in [1.165, 1.54) is 12.1 Å². The van der Waals surface area contributed by atoms with E-state index in [9.17, 15) is 20.0 Å². The molecule has 0 saturated heterocycles. The highest BCUT2D eigenvalue weighted by atomic mass is 16.6. The van der Waals surface area contributed by atoms with Crippen molar-refractivity contribution < 1.29 is 14.8 Å². The first-order chi connectivity index (χ1) is 9.48. The SMILES string of the molecule is N#Cc1ccc(NC2(C(=O)O)CCCC2)c([N+](=O)[O-])c1. The third kappa shape index (κ3) is 2.40. The zero-order valence-corrected chi connectivity index (χ0v) is 10.6. The molecular formula is C13H13N3O4. The summed E-state index contributed by atoms with van der Waals surface area (Å²) in [4.78, 5) is 21.9. The Hall–Kier alpha value is -2.62. The van der Waals surface area contributed by atoms with Crippen LogP contribution < -0.4 is 5.32 Å². The van der Waals surface area contributed by atoms with Gasteiger partial charge in [0.2, 0.25) is 0 Å². The van der Waals surface area contributed by atoms with E-state index in [0.717, 1.165) is 18.9 Å². The van der Waals surface area contributed by atoms with E-state index in [0.29, 0.717) is 12.8 Å². The molecule has 0 aromatic heterocycles. The Bertz CT molecular complexity index is 600. The third-order valence-corrected chi connectivity index (χ3v) is 3.56. The number of anilines is 1. The van der Waals surface area contributed by atoms with E-state index < -0.39 is 16.4 Å². The molecule has 0 aliphatic heterocycles. The van der Waals surface area contributed by atoms with Gasteiger partial charge in [0.1, 0.15) is 11.2 Å². The maximum absolute atomic E-state index is 11.4. The molecule has 7 heteroatoms. The van der Waals surface area contributed by atoms with Gasteiger partial charge >= 0.3 is 5.97 Å². The van der Waals surface area contributed by atoms with Gasteiger partial charge in [-0.05, 0) is 25.0 Å². The molecule has 104 valence electrons. The maximum atomic E-state index is 11.4. The number of nitro groups is 1. The second kappa shape index (κ2) is 5.17. The molecule has 0 radical (unpaired) electrons. The van der Waals surface area contributed by atoms with Crippen molar-refractivity contribution in [2.24, 2.45) is 0 Å². The normalized spacial score (nSPS) is 16.4. The standard InChI is InChI=1S/C13H13N3O4/c14-8-9-3-4-10(11(7-9)16(19)20)15-13(12(17)18)5-1-2-6-13/h3-4,7,15H,1-2,5-6H2,(H,17,18). The third-order valence-electron chi connectivity index (χ3n) is 3.56. The van der Waals surface area contributed by atoms with Gasteiger partial charge in [-0.15, -0.1) is 0 Å². The molecule has 0 amide bonds. The van der Waals surface area contributed by atoms with Crippen LogP contribution in [-0.4, -0.2) is 21.5 Å². The van der Waals surface area contributed by atoms with Crippen LogP contribution >= 0.6 is 0 Å². The van der Waals surface area contributed by atoms with Gasteiger partial charge in [0.25, 0.3) is 5.69 Å². The highest BCUT2D eigenvalue weighted by Gasteiger charge is 2.42. The van der Waals surface area contributed by atoms with Crippen LogP contribution in [0.15, 0.2) is 18.2 Å². The summed E-state index contributed by atoms with van der Waals surface area (Å²) in [6, 6.07) is 5.79. The largest absolute Gasteiger partial charge is 0.480 e. The first-order valence-electron chi connectivity index (χ1n) is 6.19. The summed E-state index contributed by atoms with van der Waals surface area (Å²) in [7, 11) is 0. The molecule has 0 bridgehead atoms. The topological polar surface area (TPSA) is 116 Å². The van der Waals surface area contributed by atoms with Gasteiger partial charge in [0.15, 0.2) is 0 Å². The number of nitriles is 1. The van der Waals surface area contributed by atoms with Gasteiger partial charge in [-0.1, -0.05) is 12.8 Å². The molecule has 1 aromatic carbocycles. The number of hydrogen-bond donors (Lipinski definition) is 2. The maximum Gasteiger partial charge on any atom is 0.329 e. The number of rotatable bonds is 4. The van der Waals surface area contributed by atoms with Crippen molar-refractivity contribution in [2.45, 2.75) is 31.2 Å². The first kappa shape index (κ1) is 13.8. The van der Waals surface area contributed by atoms with Crippen LogP contribution in [0.1, 0.15) is 31.2 Å². The van der Waals surface area contributed by atoms with Crippen LogP contribution in [-0.2, 0) is 4.79 Å². The van der Waals surface area contributed by atoms with E-state index >= 15 is 0 Å². The molecule has 1 aromatic rings. The smallest absolute Gasteiger partial charge is 0.329 e. The molecular weight excluding hydrogens is 262 g/mol. The zero-order valence-electron chi connectivity index (χ0n) is 10.6. The first-order valence-corrected chi connectivity index (χ1v) is 6.19. The summed E-state index contributed by atoms with van der Waals surface area (Å²) in [5.74, 6) is -1.01. The van der Waals surface area contributed by atoms with Crippen molar-refractivity contribution in [3.05, 3.63) is 33.9 Å². The van der Waals surface area contributed by atoms with E-state index in [2.05, 4.69) is 5.32 Å². The minimum Gasteiger partial charge on any atom is -0.480 e. The molecule has 0 spiro atoms. The molecule has 0 unspecified atom stereocenters. The van der Waals surface area contributed by atoms with Crippen LogP contribution in [0.25, 0.3) is 0 Å². The lowest BCUT2D eigenvalue weighted by Gasteiger charge is -2.26. The molecule has 1 fully saturated rings. The lowest BCUT2D eigenvalue weighted by molar-refractivity contribution is -0.384. The Balaban J connectivity index is 2.40. The highest BCUT2D eigenvalue weighted by molar-refractivity contribution is 5.84. The Morgan fingerprint density at radius 1 is 1.45 bits per heavy atom. The number of hydrogen-bond acceptors (Lipinski definition) is 5. The van der Waals surface area contributed by atoms with Crippen molar-refractivity contribution in [1.82, 2.24) is 0 Å². The highest BCUT2D eigenvalue weighted by Crippen LogP contribution is 2.36. The quantitative estimate of drug-likeness (QED) is 0.643. The number of carboxylic acids is 1. The lowest BCUT2D eigenvalue weighted by atomic mass is 9.97. The summed E-state index contributed by atoms with van der Waals surface area (Å²) in [5.41, 5.74) is -1.13. The number of nitrogens with one attached hydrogen (secondary N) is 1. The molecule has 1 aliphatic carbocycles. The predicted molar refractivity (Wildman–Crippen MR) is 70.3 cm³/mol. The van der Waals surface area contributed by atoms with Gasteiger partial charge in [0.05, 0.1) is 16.6 Å². The Morgan fingerprint density at radius 3 is 2.60 bits per heavy atom. The minimum atomic E-state index is -1.15. The number of benzene rings is 1. The van der Waals surface area contributed by atoms with E-state index in [-0.39, 0.29) is 16.9 Å². The molecule has 7 nitrogen and oxygen atoms in total. The predicted octanol–water partition coefficient (Wildman–Crippen LogP) is 2.28. The van der Waals surface area contributed by atoms with E-state index in [1.807, 2.05) is 6.07 Å². The second-order valence-corrected chi connectivity index (χ2v) is 4.82. The van der Waals surface area contributed by atoms with Crippen LogP contribution in [0, 0.1) is 21.4 Å². The zero-order chi connectivity index (χ0) is 14.8. The summed E-state index contributed by atoms with van der Waals surface area (Å²) in [6.07, 6.45) is 2.39. The molecule has 1 saturated carbocycles. The Kier molecular flexibility index (Phi) is 3.57. The number of carbonyl (C=O) groups is 1. The summed E-state index contributed by atoms with van der Waals surface area (Å²) in [5, 5.41) is 32.0. The molecule has 2 rings (SSSR count). The fourth-order valence-electron chi connectivity index (χ4n) is 2.49. The van der Waals surface area contributed by atoms with Gasteiger partial charge in [-0.2, -0.15) is 5.26 Å². The Labute approximate surface area is 115 Å². The molecule has 0 atom stereocenters. The van der Waals surface area contributed by atoms with Crippen molar-refractivity contribution in [2.75, 3.05) is 5.32 Å². The van der Waals surface area contributed by atoms with Crippen LogP contribution in [0.5, 0.6) is 0 Å². The van der Waals surface area contributed by atoms with Crippen molar-refractivity contribution in [3.8, 4) is 6.07 Å². The summed E-state index contributed by atoms with van der Waals surface area (Å²) in [6.45, 7) is 0. The summed E-state index contributed by atoms with van der Waals surface area (Å²) < 4.78 is 0. The molecule has 1 aliphatic rings. The number of aliphatic carboxylic acids is 1. The number of nitro benzene ring substituents is 1. The average Bonchev–Trinajstić information content (AvgIpc) is 2.89. The number of nitrogens with zero attached hydrogens (tertiary/aromatic N) is 2. The fraction of sp³-hybridized carbons (Fsp3) is 0.385. The van der Waals surface area contributed by atoms with Crippen LogP contribution in [0.3, 0.4) is 0 Å². The fourth-order valence-corrected chi connectivity index (χ4v) is 2.49. The van der Waals surface area contributed by atoms with Crippen LogP contribution in [0.2, 0.25) is 0 Å². The molecule has 20 heavy (non-hydrogen) atoms. The van der Waals surface area contributed by atoms with Crippen molar-refractivity contribution in [3.63, 3.8) is 0 Å². The Morgan fingerprint density at radius 2 is 2.10 bits per heavy atom. The van der Waals surface area contributed by atoms with Gasteiger partial charge in [-0.25, -0.2) is 4.79 Å². The van der Waals surface area contributed by atoms with Gasteiger partial charge in [0, 0.05) is 6.07 Å². The van der Waals surface area contributed by atoms with Gasteiger partial charge in [-0.3, -0.25) is 10.1 Å². The van der Waals surface area contributed by atoms with E-state index in [1.54, 1.807) is 0 Å². The van der Waals surface area contributed by atoms with Gasteiger partial charge < -0.3 is 10.4 Å². The molecule has 0 heterocycles. The van der Waals surface area contributed by atoms with Crippen molar-refractivity contribution in [1.29, 1.82) is 5.26 Å². The minimum absolute atomic E-state index is 0.137. The lowest BCUT2D eigenvalue weighted by Crippen LogP contribution is -2.43. The average molecular weight is 275 g/mol. The second-order valence-electron chi connectivity index (χ2n) is 4.82. The summed E-state index contributed by atoms with van der Waals surface area (Å²) >= 11 is 0. The van der Waals surface area contributed by atoms with E-state index in [4.69, 9.17) is 5.26 Å². The molecule has 2 N–H and O–H groups in total. The monoisotopic (exact) mass is 275 g/mol.